The molecule has 0 bridgehead atoms. The zero-order chi connectivity index (χ0) is 19.0. The normalized spacial score (nSPS) is 13.3. The van der Waals surface area contributed by atoms with Crippen molar-refractivity contribution in [2.45, 2.75) is 19.8 Å². The molecule has 1 aliphatic rings. The smallest absolute Gasteiger partial charge is 0.262 e. The number of carbonyl (C=O) groups excluding carboxylic acids is 1. The third kappa shape index (κ3) is 3.12. The molecule has 1 amide bonds. The summed E-state index contributed by atoms with van der Waals surface area (Å²) in [6.45, 7) is 2.62. The Labute approximate surface area is 157 Å². The Hall–Kier alpha value is -3.34. The number of rotatable bonds is 2. The highest BCUT2D eigenvalue weighted by Gasteiger charge is 2.26. The van der Waals surface area contributed by atoms with Crippen molar-refractivity contribution in [3.63, 3.8) is 0 Å². The summed E-state index contributed by atoms with van der Waals surface area (Å²) in [5.41, 5.74) is 5.22. The number of anilines is 1. The molecule has 0 saturated heterocycles. The third-order valence-electron chi connectivity index (χ3n) is 4.94. The van der Waals surface area contributed by atoms with Crippen molar-refractivity contribution >= 4 is 11.6 Å². The molecule has 5 heteroatoms. The Bertz CT molecular complexity index is 1030. The van der Waals surface area contributed by atoms with Gasteiger partial charge in [-0.05, 0) is 61.2 Å². The van der Waals surface area contributed by atoms with E-state index >= 15 is 0 Å². The van der Waals surface area contributed by atoms with Gasteiger partial charge in [-0.1, -0.05) is 12.1 Å². The van der Waals surface area contributed by atoms with Crippen LogP contribution in [0.4, 0.5) is 5.69 Å². The lowest BCUT2D eigenvalue weighted by Gasteiger charge is -2.30. The highest BCUT2D eigenvalue weighted by molar-refractivity contribution is 6.08. The quantitative estimate of drug-likeness (QED) is 0.723. The molecule has 3 aromatic rings. The predicted octanol–water partition coefficient (Wildman–Crippen LogP) is 4.06. The van der Waals surface area contributed by atoms with Gasteiger partial charge in [-0.25, -0.2) is 0 Å². The second-order valence-electron chi connectivity index (χ2n) is 6.77. The topological polar surface area (TPSA) is 73.7 Å². The molecule has 0 radical (unpaired) electrons. The van der Waals surface area contributed by atoms with Gasteiger partial charge in [0.15, 0.2) is 0 Å². The van der Waals surface area contributed by atoms with E-state index in [1.807, 2.05) is 31.2 Å². The number of nitrogens with zero attached hydrogens (tertiary/aromatic N) is 2. The van der Waals surface area contributed by atoms with Crippen LogP contribution in [0.15, 0.2) is 54.7 Å². The van der Waals surface area contributed by atoms with E-state index in [4.69, 9.17) is 0 Å². The summed E-state index contributed by atoms with van der Waals surface area (Å²) in [6, 6.07) is 14.0. The maximum atomic E-state index is 13.0. The lowest BCUT2D eigenvalue weighted by molar-refractivity contribution is 0.0982. The van der Waals surface area contributed by atoms with Gasteiger partial charge in [0.2, 0.25) is 0 Å². The molecule has 0 atom stereocenters. The number of fused-ring (bicyclic) bond motifs is 1. The van der Waals surface area contributed by atoms with Crippen LogP contribution in [0.1, 0.15) is 27.9 Å². The van der Waals surface area contributed by atoms with Crippen molar-refractivity contribution in [1.29, 1.82) is 0 Å². The third-order valence-corrected chi connectivity index (χ3v) is 4.94. The average Bonchev–Trinajstić information content (AvgIpc) is 2.67. The van der Waals surface area contributed by atoms with Crippen LogP contribution in [-0.4, -0.2) is 27.6 Å². The Morgan fingerprint density at radius 3 is 2.74 bits per heavy atom. The lowest BCUT2D eigenvalue weighted by Crippen LogP contribution is -2.35. The van der Waals surface area contributed by atoms with Crippen LogP contribution in [-0.2, 0) is 6.42 Å². The number of aryl methyl sites for hydroxylation is 2. The summed E-state index contributed by atoms with van der Waals surface area (Å²) in [4.78, 5) is 19.2. The summed E-state index contributed by atoms with van der Waals surface area (Å²) < 4.78 is 0. The van der Waals surface area contributed by atoms with Crippen molar-refractivity contribution in [3.8, 4) is 22.8 Å². The van der Waals surface area contributed by atoms with Gasteiger partial charge in [-0.3, -0.25) is 9.78 Å². The van der Waals surface area contributed by atoms with Crippen molar-refractivity contribution < 1.29 is 15.0 Å². The van der Waals surface area contributed by atoms with E-state index in [1.165, 1.54) is 18.2 Å². The summed E-state index contributed by atoms with van der Waals surface area (Å²) in [5, 5.41) is 19.5. The standard InChI is InChI=1S/C22H20N2O3/c1-14-4-2-10-23-21(14)16-6-9-19-15(12-16)5-3-11-24(19)22(27)18-8-7-17(25)13-20(18)26/h2,4,6-10,12-13,25-26H,3,5,11H2,1H3. The van der Waals surface area contributed by atoms with E-state index in [2.05, 4.69) is 11.1 Å². The number of aromatic hydroxyl groups is 2. The fourth-order valence-electron chi connectivity index (χ4n) is 3.59. The predicted molar refractivity (Wildman–Crippen MR) is 104 cm³/mol. The van der Waals surface area contributed by atoms with Crippen molar-refractivity contribution in [3.05, 3.63) is 71.4 Å². The summed E-state index contributed by atoms with van der Waals surface area (Å²) in [7, 11) is 0. The van der Waals surface area contributed by atoms with Crippen LogP contribution < -0.4 is 4.90 Å². The molecule has 0 saturated carbocycles. The molecule has 2 N–H and O–H groups in total. The molecule has 1 aliphatic heterocycles. The van der Waals surface area contributed by atoms with Gasteiger partial charge >= 0.3 is 0 Å². The lowest BCUT2D eigenvalue weighted by atomic mass is 9.96. The second kappa shape index (κ2) is 6.76. The van der Waals surface area contributed by atoms with Gasteiger partial charge in [-0.2, -0.15) is 0 Å². The molecule has 4 rings (SSSR count). The van der Waals surface area contributed by atoms with Crippen molar-refractivity contribution in [2.75, 3.05) is 11.4 Å². The first-order chi connectivity index (χ1) is 13.0. The summed E-state index contributed by atoms with van der Waals surface area (Å²) in [5.74, 6) is -0.554. The first kappa shape index (κ1) is 17.1. The molecule has 136 valence electrons. The van der Waals surface area contributed by atoms with Gasteiger partial charge in [0.25, 0.3) is 5.91 Å². The highest BCUT2D eigenvalue weighted by Crippen LogP contribution is 2.34. The van der Waals surface area contributed by atoms with Gasteiger partial charge in [0, 0.05) is 30.1 Å². The molecule has 0 spiro atoms. The van der Waals surface area contributed by atoms with Crippen LogP contribution in [0.3, 0.4) is 0 Å². The number of carbonyl (C=O) groups is 1. The monoisotopic (exact) mass is 360 g/mol. The Morgan fingerprint density at radius 1 is 1.11 bits per heavy atom. The summed E-state index contributed by atoms with van der Waals surface area (Å²) in [6.07, 6.45) is 3.52. The molecular formula is C22H20N2O3. The number of aromatic nitrogens is 1. The van der Waals surface area contributed by atoms with E-state index in [0.29, 0.717) is 6.54 Å². The van der Waals surface area contributed by atoms with Crippen LogP contribution in [0.25, 0.3) is 11.3 Å². The minimum Gasteiger partial charge on any atom is -0.508 e. The Kier molecular flexibility index (Phi) is 4.28. The van der Waals surface area contributed by atoms with E-state index in [9.17, 15) is 15.0 Å². The van der Waals surface area contributed by atoms with Crippen molar-refractivity contribution in [2.24, 2.45) is 0 Å². The number of hydrogen-bond acceptors (Lipinski definition) is 4. The fourth-order valence-corrected chi connectivity index (χ4v) is 3.59. The maximum absolute atomic E-state index is 13.0. The SMILES string of the molecule is Cc1cccnc1-c1ccc2c(c1)CCCN2C(=O)c1ccc(O)cc1O. The van der Waals surface area contributed by atoms with Gasteiger partial charge < -0.3 is 15.1 Å². The molecule has 5 nitrogen and oxygen atoms in total. The summed E-state index contributed by atoms with van der Waals surface area (Å²) >= 11 is 0. The molecule has 1 aromatic heterocycles. The molecular weight excluding hydrogens is 340 g/mol. The number of hydrogen-bond donors (Lipinski definition) is 2. The van der Waals surface area contributed by atoms with Gasteiger partial charge in [-0.15, -0.1) is 0 Å². The Balaban J connectivity index is 1.72. The minimum atomic E-state index is -0.268. The van der Waals surface area contributed by atoms with Crippen LogP contribution in [0.5, 0.6) is 11.5 Å². The van der Waals surface area contributed by atoms with Crippen LogP contribution in [0, 0.1) is 6.92 Å². The maximum Gasteiger partial charge on any atom is 0.262 e. The number of pyridine rings is 1. The zero-order valence-electron chi connectivity index (χ0n) is 15.0. The van der Waals surface area contributed by atoms with Crippen molar-refractivity contribution in [1.82, 2.24) is 4.98 Å². The number of amides is 1. The van der Waals surface area contributed by atoms with E-state index in [1.54, 1.807) is 11.1 Å². The number of phenolic OH excluding ortho intramolecular Hbond substituents is 2. The first-order valence-corrected chi connectivity index (χ1v) is 8.93. The molecule has 2 aromatic carbocycles. The number of benzene rings is 2. The van der Waals surface area contributed by atoms with E-state index in [0.717, 1.165) is 40.9 Å². The molecule has 0 aliphatic carbocycles. The fraction of sp³-hybridized carbons (Fsp3) is 0.182. The van der Waals surface area contributed by atoms with Crippen LogP contribution >= 0.6 is 0 Å². The molecule has 27 heavy (non-hydrogen) atoms. The highest BCUT2D eigenvalue weighted by atomic mass is 16.3. The Morgan fingerprint density at radius 2 is 1.96 bits per heavy atom. The first-order valence-electron chi connectivity index (χ1n) is 8.93. The van der Waals surface area contributed by atoms with Crippen LogP contribution in [0.2, 0.25) is 0 Å². The molecule has 0 unspecified atom stereocenters. The van der Waals surface area contributed by atoms with E-state index < -0.39 is 0 Å². The van der Waals surface area contributed by atoms with Gasteiger partial charge in [0.1, 0.15) is 11.5 Å². The molecule has 0 fully saturated rings. The van der Waals surface area contributed by atoms with Gasteiger partial charge in [0.05, 0.1) is 11.3 Å². The number of phenols is 2. The average molecular weight is 360 g/mol. The zero-order valence-corrected chi connectivity index (χ0v) is 15.0. The second-order valence-corrected chi connectivity index (χ2v) is 6.77. The molecule has 2 heterocycles. The van der Waals surface area contributed by atoms with E-state index in [-0.39, 0.29) is 23.0 Å². The largest absolute Gasteiger partial charge is 0.508 e. The minimum absolute atomic E-state index is 0.0709.